The average Bonchev–Trinajstić information content (AvgIpc) is 3.60. The third-order valence-corrected chi connectivity index (χ3v) is 8.87. The van der Waals surface area contributed by atoms with E-state index >= 15 is 0 Å². The summed E-state index contributed by atoms with van der Waals surface area (Å²) in [5.74, 6) is 1.85. The molecule has 0 aliphatic rings. The van der Waals surface area contributed by atoms with Crippen LogP contribution in [0.1, 0.15) is 0 Å². The van der Waals surface area contributed by atoms with Crippen molar-refractivity contribution in [1.29, 1.82) is 0 Å². The van der Waals surface area contributed by atoms with E-state index in [-0.39, 0.29) is 0 Å². The molecule has 0 fully saturated rings. The van der Waals surface area contributed by atoms with Gasteiger partial charge in [0.2, 0.25) is 0 Å². The fourth-order valence-corrected chi connectivity index (χ4v) is 6.67. The Morgan fingerprint density at radius 2 is 0.776 bits per heavy atom. The lowest BCUT2D eigenvalue weighted by Gasteiger charge is -2.18. The van der Waals surface area contributed by atoms with Crippen LogP contribution in [0.2, 0.25) is 0 Å². The van der Waals surface area contributed by atoms with Crippen molar-refractivity contribution in [1.82, 2.24) is 24.7 Å². The molecule has 0 unspecified atom stereocenters. The van der Waals surface area contributed by atoms with Crippen molar-refractivity contribution in [3.8, 4) is 62.2 Å². The fourth-order valence-electron chi connectivity index (χ4n) is 6.67. The van der Waals surface area contributed by atoms with Crippen LogP contribution in [0, 0.1) is 0 Å². The van der Waals surface area contributed by atoms with Crippen molar-refractivity contribution in [3.05, 3.63) is 176 Å². The van der Waals surface area contributed by atoms with E-state index < -0.39 is 0 Å². The van der Waals surface area contributed by atoms with Crippen LogP contribution in [-0.2, 0) is 0 Å². The Bertz CT molecular complexity index is 2510. The van der Waals surface area contributed by atoms with Gasteiger partial charge in [0.05, 0.1) is 11.2 Å². The van der Waals surface area contributed by atoms with Crippen LogP contribution >= 0.6 is 0 Å². The maximum atomic E-state index is 5.39. The molecule has 0 amide bonds. The van der Waals surface area contributed by atoms with Gasteiger partial charge in [-0.25, -0.2) is 19.6 Å². The zero-order valence-electron chi connectivity index (χ0n) is 26.5. The first-order valence-corrected chi connectivity index (χ1v) is 16.3. The van der Waals surface area contributed by atoms with E-state index in [2.05, 4.69) is 108 Å². The number of para-hydroxylation sites is 1. The van der Waals surface area contributed by atoms with Crippen LogP contribution in [0.15, 0.2) is 176 Å². The Labute approximate surface area is 283 Å². The monoisotopic (exact) mass is 627 g/mol. The average molecular weight is 628 g/mol. The van der Waals surface area contributed by atoms with E-state index in [0.717, 1.165) is 66.4 Å². The summed E-state index contributed by atoms with van der Waals surface area (Å²) >= 11 is 0. The minimum Gasteiger partial charge on any atom is -0.232 e. The second kappa shape index (κ2) is 12.1. The predicted molar refractivity (Wildman–Crippen MR) is 199 cm³/mol. The van der Waals surface area contributed by atoms with Crippen LogP contribution in [-0.4, -0.2) is 24.7 Å². The first-order valence-electron chi connectivity index (χ1n) is 16.3. The molecule has 0 spiro atoms. The summed E-state index contributed by atoms with van der Waals surface area (Å²) in [6.07, 6.45) is 0. The molecule has 230 valence electrons. The lowest BCUT2D eigenvalue weighted by atomic mass is 9.88. The topological polar surface area (TPSA) is 56.5 Å². The van der Waals surface area contributed by atoms with Gasteiger partial charge in [0, 0.05) is 38.6 Å². The molecule has 2 heterocycles. The van der Waals surface area contributed by atoms with E-state index in [1.54, 1.807) is 0 Å². The van der Waals surface area contributed by atoms with Crippen molar-refractivity contribution in [3.63, 3.8) is 0 Å². The van der Waals surface area contributed by atoms with Crippen LogP contribution in [0.5, 0.6) is 0 Å². The third-order valence-electron chi connectivity index (χ3n) is 8.87. The van der Waals surface area contributed by atoms with Crippen molar-refractivity contribution in [2.75, 3.05) is 0 Å². The van der Waals surface area contributed by atoms with Gasteiger partial charge in [0.25, 0.3) is 0 Å². The maximum Gasteiger partial charge on any atom is 0.165 e. The van der Waals surface area contributed by atoms with Crippen LogP contribution in [0.4, 0.5) is 0 Å². The molecule has 9 aromatic rings. The number of nitrogens with zero attached hydrogens (tertiary/aromatic N) is 5. The standard InChI is InChI=1S/C44H29N5/c1-6-18-30(19-7-1)37-38(44-46-42(32-22-10-3-11-23-32)45-43(47-44)33-24-12-4-13-25-33)35-28-16-17-29-36(35)41-39(37)40(31-20-8-2-9-21-31)48-49(41)34-26-14-5-15-27-34/h1-29H. The molecule has 9 rings (SSSR count). The molecule has 0 radical (unpaired) electrons. The highest BCUT2D eigenvalue weighted by atomic mass is 15.3. The molecule has 0 saturated heterocycles. The number of rotatable bonds is 6. The Morgan fingerprint density at radius 3 is 1.33 bits per heavy atom. The number of hydrogen-bond acceptors (Lipinski definition) is 4. The summed E-state index contributed by atoms with van der Waals surface area (Å²) in [5, 5.41) is 8.53. The molecular formula is C44H29N5. The molecule has 0 N–H and O–H groups in total. The van der Waals surface area contributed by atoms with Gasteiger partial charge in [-0.15, -0.1) is 0 Å². The SMILES string of the molecule is c1ccc(-c2nc(-c3ccccc3)nc(-c3c(-c4ccccc4)c4c(-c5ccccc5)nn(-c5ccccc5)c4c4ccccc34)n2)cc1. The first-order chi connectivity index (χ1) is 24.3. The molecular weight excluding hydrogens is 599 g/mol. The summed E-state index contributed by atoms with van der Waals surface area (Å²) in [6, 6.07) is 60.2. The summed E-state index contributed by atoms with van der Waals surface area (Å²) < 4.78 is 2.09. The van der Waals surface area contributed by atoms with Crippen LogP contribution in [0.3, 0.4) is 0 Å². The zero-order chi connectivity index (χ0) is 32.6. The Hall–Kier alpha value is -6.72. The third kappa shape index (κ3) is 5.05. The van der Waals surface area contributed by atoms with Gasteiger partial charge in [-0.3, -0.25) is 0 Å². The highest BCUT2D eigenvalue weighted by Crippen LogP contribution is 2.47. The summed E-state index contributed by atoms with van der Waals surface area (Å²) in [5.41, 5.74) is 8.83. The Kier molecular flexibility index (Phi) is 7.06. The Balaban J connectivity index is 1.49. The van der Waals surface area contributed by atoms with Crippen molar-refractivity contribution < 1.29 is 0 Å². The second-order valence-electron chi connectivity index (χ2n) is 11.9. The lowest BCUT2D eigenvalue weighted by molar-refractivity contribution is 0.918. The normalized spacial score (nSPS) is 11.3. The summed E-state index contributed by atoms with van der Waals surface area (Å²) in [7, 11) is 0. The first kappa shape index (κ1) is 28.5. The molecule has 5 heteroatoms. The largest absolute Gasteiger partial charge is 0.232 e. The van der Waals surface area contributed by atoms with Crippen LogP contribution in [0.25, 0.3) is 83.9 Å². The molecule has 7 aromatic carbocycles. The maximum absolute atomic E-state index is 5.39. The van der Waals surface area contributed by atoms with E-state index in [4.69, 9.17) is 20.1 Å². The van der Waals surface area contributed by atoms with E-state index in [0.29, 0.717) is 17.5 Å². The number of hydrogen-bond donors (Lipinski definition) is 0. The van der Waals surface area contributed by atoms with Crippen molar-refractivity contribution in [2.24, 2.45) is 0 Å². The lowest BCUT2D eigenvalue weighted by Crippen LogP contribution is -2.03. The van der Waals surface area contributed by atoms with Gasteiger partial charge >= 0.3 is 0 Å². The molecule has 0 aliphatic carbocycles. The number of fused-ring (bicyclic) bond motifs is 3. The van der Waals surface area contributed by atoms with E-state index in [1.165, 1.54) is 0 Å². The molecule has 0 aliphatic heterocycles. The molecule has 0 saturated carbocycles. The highest BCUT2D eigenvalue weighted by molar-refractivity contribution is 6.23. The summed E-state index contributed by atoms with van der Waals surface area (Å²) in [6.45, 7) is 0. The van der Waals surface area contributed by atoms with E-state index in [1.807, 2.05) is 72.8 Å². The van der Waals surface area contributed by atoms with Gasteiger partial charge in [-0.2, -0.15) is 5.10 Å². The number of benzene rings is 7. The van der Waals surface area contributed by atoms with Gasteiger partial charge in [0.15, 0.2) is 17.5 Å². The molecule has 5 nitrogen and oxygen atoms in total. The van der Waals surface area contributed by atoms with Gasteiger partial charge < -0.3 is 0 Å². The molecule has 0 bridgehead atoms. The quantitative estimate of drug-likeness (QED) is 0.184. The second-order valence-corrected chi connectivity index (χ2v) is 11.9. The summed E-state index contributed by atoms with van der Waals surface area (Å²) in [4.78, 5) is 15.5. The highest BCUT2D eigenvalue weighted by Gasteiger charge is 2.27. The smallest absolute Gasteiger partial charge is 0.165 e. The molecule has 49 heavy (non-hydrogen) atoms. The minimum atomic E-state index is 0.608. The predicted octanol–water partition coefficient (Wildman–Crippen LogP) is 10.7. The number of aromatic nitrogens is 5. The van der Waals surface area contributed by atoms with Crippen molar-refractivity contribution >= 4 is 21.7 Å². The molecule has 0 atom stereocenters. The van der Waals surface area contributed by atoms with Gasteiger partial charge in [-0.05, 0) is 23.1 Å². The van der Waals surface area contributed by atoms with E-state index in [9.17, 15) is 0 Å². The van der Waals surface area contributed by atoms with Crippen LogP contribution < -0.4 is 0 Å². The molecule has 2 aromatic heterocycles. The zero-order valence-corrected chi connectivity index (χ0v) is 26.5. The van der Waals surface area contributed by atoms with Gasteiger partial charge in [0.1, 0.15) is 5.69 Å². The Morgan fingerprint density at radius 1 is 0.347 bits per heavy atom. The van der Waals surface area contributed by atoms with Crippen molar-refractivity contribution in [2.45, 2.75) is 0 Å². The van der Waals surface area contributed by atoms with Gasteiger partial charge in [-0.1, -0.05) is 164 Å². The minimum absolute atomic E-state index is 0.608. The fraction of sp³-hybridized carbons (Fsp3) is 0.